The fourth-order valence-electron chi connectivity index (χ4n) is 2.46. The van der Waals surface area contributed by atoms with E-state index >= 15 is 0 Å². The number of nitrogens with zero attached hydrogens (tertiary/aromatic N) is 5. The minimum absolute atomic E-state index is 0.280. The Morgan fingerprint density at radius 2 is 2.00 bits per heavy atom. The topological polar surface area (TPSA) is 81.8 Å². The molecule has 8 heteroatoms. The molecule has 3 rings (SSSR count). The molecule has 0 saturated heterocycles. The minimum Gasteiger partial charge on any atom is -0.497 e. The molecule has 0 spiro atoms. The largest absolute Gasteiger partial charge is 0.497 e. The van der Waals surface area contributed by atoms with E-state index in [0.717, 1.165) is 11.3 Å². The molecule has 0 atom stereocenters. The van der Waals surface area contributed by atoms with Crippen LogP contribution in [0.15, 0.2) is 36.7 Å². The number of ether oxygens (including phenoxy) is 2. The highest BCUT2D eigenvalue weighted by atomic mass is 16.5. The standard InChI is InChI=1S/C19H21N5O3/c1-5-27-18(25)15-12-20-19-21-17(13-6-8-14(26-4)9-7-13)22-24(19)16(15)10-11-23(2)3/h6-12H,5H2,1-4H3. The lowest BCUT2D eigenvalue weighted by atomic mass is 10.2. The monoisotopic (exact) mass is 367 g/mol. The summed E-state index contributed by atoms with van der Waals surface area (Å²) >= 11 is 0. The smallest absolute Gasteiger partial charge is 0.341 e. The van der Waals surface area contributed by atoms with E-state index in [0.29, 0.717) is 22.9 Å². The van der Waals surface area contributed by atoms with E-state index in [2.05, 4.69) is 15.1 Å². The van der Waals surface area contributed by atoms with Crippen molar-refractivity contribution in [2.75, 3.05) is 27.8 Å². The Morgan fingerprint density at radius 1 is 1.26 bits per heavy atom. The molecule has 0 radical (unpaired) electrons. The van der Waals surface area contributed by atoms with Crippen LogP contribution in [0, 0.1) is 0 Å². The maximum Gasteiger partial charge on any atom is 0.341 e. The number of carbonyl (C=O) groups excluding carboxylic acids is 1. The van der Waals surface area contributed by atoms with Crippen LogP contribution in [0.2, 0.25) is 0 Å². The van der Waals surface area contributed by atoms with Gasteiger partial charge in [0.05, 0.1) is 19.4 Å². The Morgan fingerprint density at radius 3 is 2.63 bits per heavy atom. The number of fused-ring (bicyclic) bond motifs is 1. The van der Waals surface area contributed by atoms with E-state index in [4.69, 9.17) is 9.47 Å². The normalized spacial score (nSPS) is 11.1. The van der Waals surface area contributed by atoms with Gasteiger partial charge in [0.15, 0.2) is 5.82 Å². The number of esters is 1. The summed E-state index contributed by atoms with van der Waals surface area (Å²) in [5.41, 5.74) is 1.70. The van der Waals surface area contributed by atoms with Crippen LogP contribution in [0.5, 0.6) is 5.75 Å². The summed E-state index contributed by atoms with van der Waals surface area (Å²) in [5.74, 6) is 1.20. The van der Waals surface area contributed by atoms with E-state index in [-0.39, 0.29) is 6.61 Å². The summed E-state index contributed by atoms with van der Waals surface area (Å²) in [6.45, 7) is 2.04. The van der Waals surface area contributed by atoms with Gasteiger partial charge in [-0.3, -0.25) is 0 Å². The molecule has 2 aromatic heterocycles. The zero-order valence-electron chi connectivity index (χ0n) is 15.7. The summed E-state index contributed by atoms with van der Waals surface area (Å²) in [7, 11) is 5.40. The Hall–Kier alpha value is -3.42. The molecule has 3 aromatic rings. The number of hydrogen-bond acceptors (Lipinski definition) is 7. The van der Waals surface area contributed by atoms with Crippen molar-refractivity contribution < 1.29 is 14.3 Å². The SMILES string of the molecule is CCOC(=O)c1cnc2nc(-c3ccc(OC)cc3)nn2c1C=CN(C)C. The third kappa shape index (κ3) is 3.89. The van der Waals surface area contributed by atoms with Crippen molar-refractivity contribution in [1.82, 2.24) is 24.5 Å². The van der Waals surface area contributed by atoms with Gasteiger partial charge < -0.3 is 14.4 Å². The van der Waals surface area contributed by atoms with Gasteiger partial charge in [0.2, 0.25) is 0 Å². The van der Waals surface area contributed by atoms with Crippen LogP contribution in [0.1, 0.15) is 23.0 Å². The van der Waals surface area contributed by atoms with Gasteiger partial charge in [-0.25, -0.2) is 9.78 Å². The average molecular weight is 367 g/mol. The summed E-state index contributed by atoms with van der Waals surface area (Å²) in [6, 6.07) is 7.42. The molecular weight excluding hydrogens is 346 g/mol. The highest BCUT2D eigenvalue weighted by Gasteiger charge is 2.18. The molecule has 140 valence electrons. The molecule has 0 fully saturated rings. The maximum absolute atomic E-state index is 12.3. The van der Waals surface area contributed by atoms with Crippen molar-refractivity contribution in [1.29, 1.82) is 0 Å². The molecule has 0 N–H and O–H groups in total. The molecule has 0 bridgehead atoms. The predicted octanol–water partition coefficient (Wildman–Crippen LogP) is 2.51. The molecule has 2 heterocycles. The molecule has 0 saturated carbocycles. The molecular formula is C19H21N5O3. The minimum atomic E-state index is -0.452. The number of carbonyl (C=O) groups is 1. The Kier molecular flexibility index (Phi) is 5.35. The van der Waals surface area contributed by atoms with E-state index < -0.39 is 5.97 Å². The summed E-state index contributed by atoms with van der Waals surface area (Å²) in [4.78, 5) is 22.9. The molecule has 27 heavy (non-hydrogen) atoms. The predicted molar refractivity (Wildman–Crippen MR) is 101 cm³/mol. The zero-order valence-corrected chi connectivity index (χ0v) is 15.7. The van der Waals surface area contributed by atoms with E-state index in [1.807, 2.05) is 49.5 Å². The van der Waals surface area contributed by atoms with Gasteiger partial charge in [0, 0.05) is 32.1 Å². The van der Waals surface area contributed by atoms with Gasteiger partial charge in [0.1, 0.15) is 11.3 Å². The summed E-state index contributed by atoms with van der Waals surface area (Å²) < 4.78 is 11.9. The second-order valence-corrected chi connectivity index (χ2v) is 5.93. The first-order valence-electron chi connectivity index (χ1n) is 8.45. The average Bonchev–Trinajstić information content (AvgIpc) is 3.10. The molecule has 0 unspecified atom stereocenters. The fraction of sp³-hybridized carbons (Fsp3) is 0.263. The van der Waals surface area contributed by atoms with Crippen LogP contribution >= 0.6 is 0 Å². The Balaban J connectivity index is 2.13. The fourth-order valence-corrected chi connectivity index (χ4v) is 2.46. The van der Waals surface area contributed by atoms with Crippen LogP contribution < -0.4 is 4.74 Å². The number of methoxy groups -OCH3 is 1. The van der Waals surface area contributed by atoms with E-state index in [9.17, 15) is 4.79 Å². The first-order chi connectivity index (χ1) is 13.0. The molecule has 0 amide bonds. The number of aromatic nitrogens is 4. The van der Waals surface area contributed by atoms with Gasteiger partial charge >= 0.3 is 5.97 Å². The van der Waals surface area contributed by atoms with Gasteiger partial charge in [0.25, 0.3) is 5.78 Å². The molecule has 8 nitrogen and oxygen atoms in total. The number of benzene rings is 1. The van der Waals surface area contributed by atoms with Crippen LogP contribution in [-0.4, -0.2) is 58.3 Å². The van der Waals surface area contributed by atoms with Crippen molar-refractivity contribution in [2.45, 2.75) is 6.92 Å². The van der Waals surface area contributed by atoms with Crippen LogP contribution in [-0.2, 0) is 4.74 Å². The quantitative estimate of drug-likeness (QED) is 0.619. The van der Waals surface area contributed by atoms with Crippen molar-refractivity contribution >= 4 is 17.8 Å². The Bertz CT molecular complexity index is 977. The van der Waals surface area contributed by atoms with E-state index in [1.165, 1.54) is 6.20 Å². The highest BCUT2D eigenvalue weighted by Crippen LogP contribution is 2.21. The first kappa shape index (κ1) is 18.4. The first-order valence-corrected chi connectivity index (χ1v) is 8.45. The summed E-state index contributed by atoms with van der Waals surface area (Å²) in [5, 5.41) is 4.54. The zero-order chi connectivity index (χ0) is 19.4. The van der Waals surface area contributed by atoms with Crippen molar-refractivity contribution in [3.05, 3.63) is 47.9 Å². The number of rotatable bonds is 6. The molecule has 1 aromatic carbocycles. The molecule has 0 aliphatic heterocycles. The lowest BCUT2D eigenvalue weighted by Crippen LogP contribution is -2.12. The lowest BCUT2D eigenvalue weighted by Gasteiger charge is -2.08. The van der Waals surface area contributed by atoms with Crippen LogP contribution in [0.3, 0.4) is 0 Å². The number of hydrogen-bond donors (Lipinski definition) is 0. The van der Waals surface area contributed by atoms with Crippen molar-refractivity contribution in [2.24, 2.45) is 0 Å². The van der Waals surface area contributed by atoms with Gasteiger partial charge in [-0.15, -0.1) is 5.10 Å². The third-order valence-corrected chi connectivity index (χ3v) is 3.78. The lowest BCUT2D eigenvalue weighted by molar-refractivity contribution is 0.0525. The van der Waals surface area contributed by atoms with E-state index in [1.54, 1.807) is 24.6 Å². The van der Waals surface area contributed by atoms with Gasteiger partial charge in [-0.1, -0.05) is 0 Å². The summed E-state index contributed by atoms with van der Waals surface area (Å²) in [6.07, 6.45) is 5.08. The molecule has 0 aliphatic carbocycles. The van der Waals surface area contributed by atoms with Crippen molar-refractivity contribution in [3.63, 3.8) is 0 Å². The molecule has 0 aliphatic rings. The van der Waals surface area contributed by atoms with Crippen LogP contribution in [0.4, 0.5) is 0 Å². The Labute approximate surface area is 157 Å². The second-order valence-electron chi connectivity index (χ2n) is 5.93. The van der Waals surface area contributed by atoms with Crippen molar-refractivity contribution in [3.8, 4) is 17.1 Å². The highest BCUT2D eigenvalue weighted by molar-refractivity contribution is 5.93. The third-order valence-electron chi connectivity index (χ3n) is 3.78. The van der Waals surface area contributed by atoms with Gasteiger partial charge in [-0.2, -0.15) is 9.50 Å². The van der Waals surface area contributed by atoms with Crippen LogP contribution in [0.25, 0.3) is 23.2 Å². The maximum atomic E-state index is 12.3. The van der Waals surface area contributed by atoms with Gasteiger partial charge in [-0.05, 0) is 37.3 Å². The second kappa shape index (κ2) is 7.86.